The molecule has 4 nitrogen and oxygen atoms in total. The van der Waals surface area contributed by atoms with Crippen LogP contribution in [0.3, 0.4) is 0 Å². The molecule has 0 atom stereocenters. The topological polar surface area (TPSA) is 66.9 Å². The molecule has 0 radical (unpaired) electrons. The summed E-state index contributed by atoms with van der Waals surface area (Å²) >= 11 is 13.1. The first-order chi connectivity index (χ1) is 9.51. The van der Waals surface area contributed by atoms with E-state index < -0.39 is 4.92 Å². The lowest BCUT2D eigenvalue weighted by Crippen LogP contribution is -1.92. The highest BCUT2D eigenvalue weighted by atomic mass is 35.5. The lowest BCUT2D eigenvalue weighted by molar-refractivity contribution is -0.385. The largest absolute Gasteiger partial charge is 0.287 e. The van der Waals surface area contributed by atoms with Crippen LogP contribution in [0.2, 0.25) is 10.0 Å². The van der Waals surface area contributed by atoms with E-state index in [2.05, 4.69) is 0 Å². The summed E-state index contributed by atoms with van der Waals surface area (Å²) in [6.07, 6.45) is 0. The molecule has 2 rings (SSSR count). The molecule has 0 unspecified atom stereocenters. The molecule has 100 valence electrons. The van der Waals surface area contributed by atoms with E-state index in [0.29, 0.717) is 14.9 Å². The van der Waals surface area contributed by atoms with Gasteiger partial charge in [-0.25, -0.2) is 0 Å². The highest BCUT2D eigenvalue weighted by Gasteiger charge is 2.14. The fourth-order valence-electron chi connectivity index (χ4n) is 1.50. The number of halogens is 2. The van der Waals surface area contributed by atoms with Gasteiger partial charge in [-0.15, -0.1) is 0 Å². The lowest BCUT2D eigenvalue weighted by atomic mass is 10.2. The normalized spacial score (nSPS) is 10.1. The van der Waals surface area contributed by atoms with Crippen LogP contribution < -0.4 is 0 Å². The number of nitriles is 1. The molecule has 0 aliphatic rings. The molecule has 0 bridgehead atoms. The molecular weight excluding hydrogens is 319 g/mol. The summed E-state index contributed by atoms with van der Waals surface area (Å²) in [4.78, 5) is 11.7. The number of nitro benzene ring substituents is 1. The van der Waals surface area contributed by atoms with Crippen LogP contribution in [0.1, 0.15) is 5.56 Å². The molecule has 0 aromatic heterocycles. The number of rotatable bonds is 3. The molecule has 0 saturated heterocycles. The Labute approximate surface area is 129 Å². The van der Waals surface area contributed by atoms with Gasteiger partial charge in [0.25, 0.3) is 5.69 Å². The maximum Gasteiger partial charge on any atom is 0.287 e. The maximum atomic E-state index is 10.7. The molecule has 0 aliphatic heterocycles. The van der Waals surface area contributed by atoms with Crippen molar-refractivity contribution in [2.45, 2.75) is 9.79 Å². The van der Waals surface area contributed by atoms with Gasteiger partial charge >= 0.3 is 0 Å². The predicted octanol–water partition coefficient (Wildman–Crippen LogP) is 4.92. The van der Waals surface area contributed by atoms with Crippen molar-refractivity contribution in [2.75, 3.05) is 0 Å². The van der Waals surface area contributed by atoms with Crippen LogP contribution in [0.4, 0.5) is 5.69 Å². The molecule has 7 heteroatoms. The van der Waals surface area contributed by atoms with Gasteiger partial charge in [0.15, 0.2) is 0 Å². The zero-order chi connectivity index (χ0) is 14.7. The summed E-state index contributed by atoms with van der Waals surface area (Å²) in [5.74, 6) is 0. The Morgan fingerprint density at radius 3 is 2.35 bits per heavy atom. The van der Waals surface area contributed by atoms with Crippen LogP contribution in [-0.2, 0) is 0 Å². The van der Waals surface area contributed by atoms with Gasteiger partial charge in [0.1, 0.15) is 11.6 Å². The maximum absolute atomic E-state index is 10.7. The first-order valence-corrected chi connectivity index (χ1v) is 6.90. The third kappa shape index (κ3) is 3.23. The molecule has 20 heavy (non-hydrogen) atoms. The van der Waals surface area contributed by atoms with Gasteiger partial charge < -0.3 is 0 Å². The zero-order valence-electron chi connectivity index (χ0n) is 9.84. The first-order valence-electron chi connectivity index (χ1n) is 5.32. The first kappa shape index (κ1) is 14.7. The van der Waals surface area contributed by atoms with E-state index in [9.17, 15) is 10.1 Å². The Hall–Kier alpha value is -1.74. The molecule has 0 N–H and O–H groups in total. The van der Waals surface area contributed by atoms with Crippen molar-refractivity contribution in [3.8, 4) is 6.07 Å². The van der Waals surface area contributed by atoms with Gasteiger partial charge in [-0.05, 0) is 30.3 Å². The third-order valence-corrected chi connectivity index (χ3v) is 4.13. The van der Waals surface area contributed by atoms with E-state index >= 15 is 0 Å². The van der Waals surface area contributed by atoms with Crippen LogP contribution in [-0.4, -0.2) is 4.92 Å². The Balaban J connectivity index is 2.32. The van der Waals surface area contributed by atoms with E-state index in [1.807, 2.05) is 6.07 Å². The molecule has 0 fully saturated rings. The van der Waals surface area contributed by atoms with Crippen LogP contribution in [0.25, 0.3) is 0 Å². The van der Waals surface area contributed by atoms with Gasteiger partial charge in [-0.2, -0.15) is 5.26 Å². The smallest absolute Gasteiger partial charge is 0.258 e. The molecule has 0 spiro atoms. The van der Waals surface area contributed by atoms with Crippen molar-refractivity contribution in [3.05, 3.63) is 62.1 Å². The second-order valence-electron chi connectivity index (χ2n) is 3.73. The van der Waals surface area contributed by atoms with Crippen molar-refractivity contribution in [1.82, 2.24) is 0 Å². The van der Waals surface area contributed by atoms with E-state index in [1.54, 1.807) is 24.3 Å². The van der Waals surface area contributed by atoms with Crippen molar-refractivity contribution in [2.24, 2.45) is 0 Å². The summed E-state index contributed by atoms with van der Waals surface area (Å²) in [6.45, 7) is 0. The molecule has 0 amide bonds. The van der Waals surface area contributed by atoms with Crippen LogP contribution in [0.5, 0.6) is 0 Å². The SMILES string of the molecule is N#Cc1cc(Sc2ccc(Cl)c(Cl)c2)ccc1[N+](=O)[O-]. The quantitative estimate of drug-likeness (QED) is 0.593. The minimum atomic E-state index is -0.577. The number of benzene rings is 2. The number of hydrogen-bond donors (Lipinski definition) is 0. The number of nitrogens with zero attached hydrogens (tertiary/aromatic N) is 2. The molecule has 2 aromatic rings. The second-order valence-corrected chi connectivity index (χ2v) is 5.69. The predicted molar refractivity (Wildman–Crippen MR) is 78.4 cm³/mol. The molecule has 0 heterocycles. The Kier molecular flexibility index (Phi) is 4.50. The van der Waals surface area contributed by atoms with Crippen molar-refractivity contribution in [3.63, 3.8) is 0 Å². The van der Waals surface area contributed by atoms with Gasteiger partial charge in [0.2, 0.25) is 0 Å². The standard InChI is InChI=1S/C13H6Cl2N2O2S/c14-11-3-1-10(6-12(11)15)20-9-2-4-13(17(18)19)8(5-9)7-16/h1-6H. The molecule has 0 saturated carbocycles. The van der Waals surface area contributed by atoms with E-state index in [1.165, 1.54) is 23.9 Å². The van der Waals surface area contributed by atoms with Gasteiger partial charge in [-0.1, -0.05) is 35.0 Å². The van der Waals surface area contributed by atoms with Crippen LogP contribution >= 0.6 is 35.0 Å². The average Bonchev–Trinajstić information content (AvgIpc) is 2.42. The summed E-state index contributed by atoms with van der Waals surface area (Å²) < 4.78 is 0. The summed E-state index contributed by atoms with van der Waals surface area (Å²) in [6, 6.07) is 11.4. The van der Waals surface area contributed by atoms with E-state index in [4.69, 9.17) is 28.5 Å². The van der Waals surface area contributed by atoms with Crippen LogP contribution in [0.15, 0.2) is 46.2 Å². The highest BCUT2D eigenvalue weighted by Crippen LogP contribution is 2.34. The second kappa shape index (κ2) is 6.14. The number of nitro groups is 1. The van der Waals surface area contributed by atoms with Crippen molar-refractivity contribution < 1.29 is 4.92 Å². The molecule has 0 aliphatic carbocycles. The number of hydrogen-bond acceptors (Lipinski definition) is 4. The van der Waals surface area contributed by atoms with Gasteiger partial charge in [0, 0.05) is 15.9 Å². The Bertz CT molecular complexity index is 729. The Morgan fingerprint density at radius 2 is 1.75 bits per heavy atom. The van der Waals surface area contributed by atoms with Crippen molar-refractivity contribution in [1.29, 1.82) is 5.26 Å². The molecule has 2 aromatic carbocycles. The fourth-order valence-corrected chi connectivity index (χ4v) is 2.76. The monoisotopic (exact) mass is 324 g/mol. The van der Waals surface area contributed by atoms with Gasteiger partial charge in [0.05, 0.1) is 15.0 Å². The molecular formula is C13H6Cl2N2O2S. The summed E-state index contributed by atoms with van der Waals surface area (Å²) in [7, 11) is 0. The van der Waals surface area contributed by atoms with E-state index in [0.717, 1.165) is 4.90 Å². The average molecular weight is 325 g/mol. The minimum absolute atomic E-state index is 0.0278. The summed E-state index contributed by atoms with van der Waals surface area (Å²) in [5, 5.41) is 20.6. The fraction of sp³-hybridized carbons (Fsp3) is 0. The van der Waals surface area contributed by atoms with E-state index in [-0.39, 0.29) is 11.3 Å². The highest BCUT2D eigenvalue weighted by molar-refractivity contribution is 7.99. The Morgan fingerprint density at radius 1 is 1.10 bits per heavy atom. The summed E-state index contributed by atoms with van der Waals surface area (Å²) in [5.41, 5.74) is -0.175. The lowest BCUT2D eigenvalue weighted by Gasteiger charge is -2.04. The van der Waals surface area contributed by atoms with Crippen LogP contribution in [0, 0.1) is 21.4 Å². The minimum Gasteiger partial charge on any atom is -0.258 e. The van der Waals surface area contributed by atoms with Crippen molar-refractivity contribution >= 4 is 40.7 Å². The third-order valence-electron chi connectivity index (χ3n) is 2.41. The zero-order valence-corrected chi connectivity index (χ0v) is 12.2. The van der Waals surface area contributed by atoms with Gasteiger partial charge in [-0.3, -0.25) is 10.1 Å².